The highest BCUT2D eigenvalue weighted by molar-refractivity contribution is 5.94. The first-order valence-electron chi connectivity index (χ1n) is 16.6. The number of pyridine rings is 1. The molecule has 2 fully saturated rings. The van der Waals surface area contributed by atoms with Crippen LogP contribution >= 0.6 is 0 Å². The molecule has 5 atom stereocenters. The second-order valence-electron chi connectivity index (χ2n) is 14.1. The van der Waals surface area contributed by atoms with E-state index in [1.807, 2.05) is 52.0 Å². The van der Waals surface area contributed by atoms with Crippen LogP contribution in [0.2, 0.25) is 0 Å². The van der Waals surface area contributed by atoms with E-state index < -0.39 is 35.8 Å². The molecule has 2 aromatic rings. The van der Waals surface area contributed by atoms with E-state index in [-0.39, 0.29) is 49.6 Å². The van der Waals surface area contributed by atoms with Crippen LogP contribution in [0.4, 0.5) is 4.79 Å². The molecule has 0 spiro atoms. The number of allylic oxidation sites excluding steroid dienone is 2. The number of likely N-dealkylation sites (tertiary alicyclic amines) is 1. The van der Waals surface area contributed by atoms with Gasteiger partial charge in [0.15, 0.2) is 5.78 Å². The van der Waals surface area contributed by atoms with Crippen molar-refractivity contribution in [3.8, 4) is 11.6 Å². The van der Waals surface area contributed by atoms with Gasteiger partial charge in [0.1, 0.15) is 29.5 Å². The number of alkyl carbamates (subject to hydrolysis) is 1. The van der Waals surface area contributed by atoms with Crippen LogP contribution in [-0.2, 0) is 19.1 Å². The zero-order valence-electron chi connectivity index (χ0n) is 28.9. The number of amides is 3. The zero-order chi connectivity index (χ0) is 34.5. The van der Waals surface area contributed by atoms with Gasteiger partial charge in [-0.2, -0.15) is 0 Å². The minimum absolute atomic E-state index is 0.0253. The minimum Gasteiger partial charge on any atom is -0.491 e. The second kappa shape index (κ2) is 15.2. The summed E-state index contributed by atoms with van der Waals surface area (Å²) in [5.41, 5.74) is 0.0445. The first-order valence-corrected chi connectivity index (χ1v) is 16.6. The summed E-state index contributed by atoms with van der Waals surface area (Å²) in [6, 6.07) is 5.70. The molecule has 1 saturated carbocycles. The van der Waals surface area contributed by atoms with Crippen molar-refractivity contribution in [2.45, 2.75) is 123 Å². The predicted molar refractivity (Wildman–Crippen MR) is 179 cm³/mol. The highest BCUT2D eigenvalue weighted by Crippen LogP contribution is 2.35. The number of carbonyl (C=O) groups is 4. The van der Waals surface area contributed by atoms with Gasteiger partial charge in [-0.3, -0.25) is 14.4 Å². The average Bonchev–Trinajstić information content (AvgIpc) is 3.58. The molecular weight excluding hydrogens is 600 g/mol. The molecule has 1 aromatic heterocycles. The third kappa shape index (κ3) is 10.2. The fraction of sp³-hybridized carbons (Fsp3) is 0.583. The van der Waals surface area contributed by atoms with Crippen molar-refractivity contribution in [3.05, 3.63) is 42.1 Å². The molecule has 1 aromatic carbocycles. The van der Waals surface area contributed by atoms with Crippen molar-refractivity contribution in [2.75, 3.05) is 6.54 Å². The fourth-order valence-corrected chi connectivity index (χ4v) is 5.84. The van der Waals surface area contributed by atoms with Crippen LogP contribution in [0.25, 0.3) is 10.8 Å². The van der Waals surface area contributed by atoms with Gasteiger partial charge in [-0.05, 0) is 103 Å². The average molecular weight is 651 g/mol. The van der Waals surface area contributed by atoms with Crippen molar-refractivity contribution in [2.24, 2.45) is 5.92 Å². The molecule has 5 unspecified atom stereocenters. The Morgan fingerprint density at radius 2 is 1.85 bits per heavy atom. The molecule has 47 heavy (non-hydrogen) atoms. The van der Waals surface area contributed by atoms with Crippen molar-refractivity contribution < 1.29 is 33.4 Å². The van der Waals surface area contributed by atoms with Gasteiger partial charge in [0.25, 0.3) is 0 Å². The third-order valence-electron chi connectivity index (χ3n) is 8.09. The Morgan fingerprint density at radius 3 is 2.49 bits per heavy atom. The number of fused-ring (bicyclic) bond motifs is 1. The van der Waals surface area contributed by atoms with Gasteiger partial charge in [0.05, 0.1) is 12.6 Å². The van der Waals surface area contributed by atoms with Gasteiger partial charge in [0, 0.05) is 30.5 Å². The number of ether oxygens (including phenoxy) is 3. The van der Waals surface area contributed by atoms with Crippen LogP contribution in [-0.4, -0.2) is 76.1 Å². The number of nitrogens with one attached hydrogen (secondary N) is 2. The molecule has 3 amide bonds. The lowest BCUT2D eigenvalue weighted by atomic mass is 10.1. The molecule has 1 aliphatic heterocycles. The Balaban J connectivity index is 1.59. The fourth-order valence-electron chi connectivity index (χ4n) is 5.84. The number of rotatable bonds is 13. The van der Waals surface area contributed by atoms with E-state index in [4.69, 9.17) is 14.2 Å². The highest BCUT2D eigenvalue weighted by Gasteiger charge is 2.46. The first-order chi connectivity index (χ1) is 22.1. The molecule has 0 radical (unpaired) electrons. The SMILES string of the molecule is CCC1CC1NC(=O)C1CC(Oc2nccc3cc(OC(C)C)ccc23)CN1C(=O)C(CCC(=O)C=C(C)C)NC(=O)OC(C)(C)C. The van der Waals surface area contributed by atoms with Crippen LogP contribution in [0.1, 0.15) is 87.5 Å². The lowest BCUT2D eigenvalue weighted by Crippen LogP contribution is -2.54. The van der Waals surface area contributed by atoms with Crippen LogP contribution in [0.3, 0.4) is 0 Å². The topological polar surface area (TPSA) is 136 Å². The Bertz CT molecular complexity index is 1490. The minimum atomic E-state index is -1.09. The molecule has 2 heterocycles. The number of carbonyl (C=O) groups excluding carboxylic acids is 4. The summed E-state index contributed by atoms with van der Waals surface area (Å²) in [6.07, 6.45) is 4.05. The van der Waals surface area contributed by atoms with E-state index in [1.165, 1.54) is 11.0 Å². The summed E-state index contributed by atoms with van der Waals surface area (Å²) in [6.45, 7) is 14.9. The Hall–Kier alpha value is -4.15. The standard InChI is InChI=1S/C36H50N4O7/c1-9-23-18-30(23)38-32(42)31-19-27(46-33-28-12-11-26(45-22(4)5)17-24(28)14-15-37-33)20-40(31)34(43)29(13-10-25(41)16-21(2)3)39-35(44)47-36(6,7)8/h11-12,14-17,22-23,27,29-31H,9-10,13,18-20H2,1-8H3,(H,38,42)(H,39,44). The molecule has 0 bridgehead atoms. The van der Waals surface area contributed by atoms with Crippen LogP contribution in [0.5, 0.6) is 11.6 Å². The summed E-state index contributed by atoms with van der Waals surface area (Å²) >= 11 is 0. The largest absolute Gasteiger partial charge is 0.491 e. The van der Waals surface area contributed by atoms with Gasteiger partial charge in [0.2, 0.25) is 17.7 Å². The van der Waals surface area contributed by atoms with Crippen LogP contribution in [0.15, 0.2) is 42.1 Å². The Kier molecular flexibility index (Phi) is 11.5. The lowest BCUT2D eigenvalue weighted by Gasteiger charge is -2.29. The number of nitrogens with zero attached hydrogens (tertiary/aromatic N) is 2. The van der Waals surface area contributed by atoms with E-state index in [9.17, 15) is 19.2 Å². The van der Waals surface area contributed by atoms with Crippen molar-refractivity contribution in [1.82, 2.24) is 20.5 Å². The number of hydrogen-bond donors (Lipinski definition) is 2. The lowest BCUT2D eigenvalue weighted by molar-refractivity contribution is -0.140. The molecule has 1 aliphatic carbocycles. The summed E-state index contributed by atoms with van der Waals surface area (Å²) in [7, 11) is 0. The molecule has 2 aliphatic rings. The predicted octanol–water partition coefficient (Wildman–Crippen LogP) is 5.49. The molecule has 2 N–H and O–H groups in total. The summed E-state index contributed by atoms with van der Waals surface area (Å²) in [5.74, 6) is 0.648. The molecule has 11 heteroatoms. The number of hydrogen-bond acceptors (Lipinski definition) is 8. The smallest absolute Gasteiger partial charge is 0.408 e. The van der Waals surface area contributed by atoms with Gasteiger partial charge in [-0.15, -0.1) is 0 Å². The Labute approximate surface area is 277 Å². The normalized spacial score (nSPS) is 21.2. The summed E-state index contributed by atoms with van der Waals surface area (Å²) < 4.78 is 17.7. The van der Waals surface area contributed by atoms with Crippen molar-refractivity contribution in [1.29, 1.82) is 0 Å². The monoisotopic (exact) mass is 650 g/mol. The number of ketones is 1. The molecule has 1 saturated heterocycles. The van der Waals surface area contributed by atoms with E-state index in [1.54, 1.807) is 27.0 Å². The molecular formula is C36H50N4O7. The van der Waals surface area contributed by atoms with Gasteiger partial charge >= 0.3 is 6.09 Å². The van der Waals surface area contributed by atoms with Crippen LogP contribution in [0, 0.1) is 5.92 Å². The molecule has 4 rings (SSSR count). The van der Waals surface area contributed by atoms with Gasteiger partial charge in [-0.1, -0.05) is 18.9 Å². The van der Waals surface area contributed by atoms with Crippen molar-refractivity contribution in [3.63, 3.8) is 0 Å². The maximum absolute atomic E-state index is 14.2. The zero-order valence-corrected chi connectivity index (χ0v) is 28.9. The summed E-state index contributed by atoms with van der Waals surface area (Å²) in [4.78, 5) is 59.2. The number of benzene rings is 1. The van der Waals surface area contributed by atoms with E-state index in [0.29, 0.717) is 11.8 Å². The maximum Gasteiger partial charge on any atom is 0.408 e. The van der Waals surface area contributed by atoms with Gasteiger partial charge < -0.3 is 29.7 Å². The van der Waals surface area contributed by atoms with Gasteiger partial charge in [-0.25, -0.2) is 9.78 Å². The third-order valence-corrected chi connectivity index (χ3v) is 8.09. The molecule has 11 nitrogen and oxygen atoms in total. The van der Waals surface area contributed by atoms with Crippen molar-refractivity contribution >= 4 is 34.5 Å². The van der Waals surface area contributed by atoms with Crippen LogP contribution < -0.4 is 20.1 Å². The Morgan fingerprint density at radius 1 is 1.11 bits per heavy atom. The molecule has 256 valence electrons. The highest BCUT2D eigenvalue weighted by atomic mass is 16.6. The second-order valence-corrected chi connectivity index (χ2v) is 14.1. The number of aromatic nitrogens is 1. The summed E-state index contributed by atoms with van der Waals surface area (Å²) in [5, 5.41) is 7.44. The maximum atomic E-state index is 14.2. The van der Waals surface area contributed by atoms with E-state index >= 15 is 0 Å². The van der Waals surface area contributed by atoms with E-state index in [2.05, 4.69) is 22.5 Å². The first kappa shape index (κ1) is 35.7. The van der Waals surface area contributed by atoms with E-state index in [0.717, 1.165) is 34.9 Å². The quantitative estimate of drug-likeness (QED) is 0.272.